The predicted molar refractivity (Wildman–Crippen MR) is 80.7 cm³/mol. The Kier molecular flexibility index (Phi) is 4.33. The van der Waals surface area contributed by atoms with Crippen molar-refractivity contribution in [2.24, 2.45) is 0 Å². The van der Waals surface area contributed by atoms with Crippen molar-refractivity contribution in [1.82, 2.24) is 20.2 Å². The number of halogens is 1. The van der Waals surface area contributed by atoms with Crippen molar-refractivity contribution in [2.45, 2.75) is 12.8 Å². The van der Waals surface area contributed by atoms with Gasteiger partial charge in [0.2, 0.25) is 5.78 Å². The van der Waals surface area contributed by atoms with Gasteiger partial charge in [0.1, 0.15) is 17.2 Å². The van der Waals surface area contributed by atoms with Crippen molar-refractivity contribution in [3.8, 4) is 0 Å². The van der Waals surface area contributed by atoms with Crippen LogP contribution in [0, 0.1) is 5.82 Å². The Hall–Kier alpha value is -2.74. The molecule has 3 aromatic rings. The third-order valence-corrected chi connectivity index (χ3v) is 4.09. The van der Waals surface area contributed by atoms with Gasteiger partial charge in [-0.1, -0.05) is 12.1 Å². The van der Waals surface area contributed by atoms with E-state index >= 15 is 0 Å². The molecule has 0 spiro atoms. The van der Waals surface area contributed by atoms with E-state index in [1.54, 1.807) is 18.3 Å². The number of rotatable bonds is 6. The molecule has 23 heavy (non-hydrogen) atoms. The van der Waals surface area contributed by atoms with Gasteiger partial charge in [0.05, 0.1) is 6.42 Å². The molecule has 1 N–H and O–H groups in total. The maximum Gasteiger partial charge on any atom is 0.265 e. The van der Waals surface area contributed by atoms with Gasteiger partial charge in [-0.2, -0.15) is 5.10 Å². The zero-order valence-electron chi connectivity index (χ0n) is 11.8. The van der Waals surface area contributed by atoms with Crippen LogP contribution < -0.4 is 0 Å². The van der Waals surface area contributed by atoms with Crippen LogP contribution in [0.3, 0.4) is 0 Å². The summed E-state index contributed by atoms with van der Waals surface area (Å²) in [6.45, 7) is 0. The number of thiazole rings is 1. The lowest BCUT2D eigenvalue weighted by Gasteiger charge is -1.97. The standard InChI is InChI=1S/C15H11FN4O2S/c16-10-3-1-9(2-4-10)5-11-7-17-13(23-11)6-12(21)14(22)15-18-8-19-20-15/h1-4,7-8H,5-6H2,(H,18,19,20). The van der Waals surface area contributed by atoms with Crippen molar-refractivity contribution in [1.29, 1.82) is 0 Å². The number of hydrogen-bond acceptors (Lipinski definition) is 6. The lowest BCUT2D eigenvalue weighted by atomic mass is 10.1. The molecule has 0 amide bonds. The summed E-state index contributed by atoms with van der Waals surface area (Å²) in [5, 5.41) is 6.46. The minimum Gasteiger partial charge on any atom is -0.290 e. The first-order valence-electron chi connectivity index (χ1n) is 6.73. The number of hydrogen-bond donors (Lipinski definition) is 1. The van der Waals surface area contributed by atoms with Crippen LogP contribution in [0.4, 0.5) is 4.39 Å². The van der Waals surface area contributed by atoms with Gasteiger partial charge in [0.15, 0.2) is 5.82 Å². The average molecular weight is 330 g/mol. The molecular weight excluding hydrogens is 319 g/mol. The average Bonchev–Trinajstić information content (AvgIpc) is 3.21. The van der Waals surface area contributed by atoms with E-state index in [2.05, 4.69) is 20.2 Å². The van der Waals surface area contributed by atoms with Gasteiger partial charge >= 0.3 is 0 Å². The van der Waals surface area contributed by atoms with Gasteiger partial charge < -0.3 is 0 Å². The molecule has 0 bridgehead atoms. The number of aromatic nitrogens is 4. The van der Waals surface area contributed by atoms with E-state index in [0.29, 0.717) is 11.4 Å². The molecule has 0 radical (unpaired) electrons. The highest BCUT2D eigenvalue weighted by Gasteiger charge is 2.20. The van der Waals surface area contributed by atoms with E-state index in [1.165, 1.54) is 29.8 Å². The normalized spacial score (nSPS) is 10.7. The van der Waals surface area contributed by atoms with Crippen molar-refractivity contribution in [3.05, 3.63) is 63.9 Å². The maximum atomic E-state index is 12.9. The van der Waals surface area contributed by atoms with Gasteiger partial charge in [0, 0.05) is 17.5 Å². The van der Waals surface area contributed by atoms with Crippen molar-refractivity contribution < 1.29 is 14.0 Å². The SMILES string of the molecule is O=C(Cc1ncc(Cc2ccc(F)cc2)s1)C(=O)c1ncn[nH]1. The summed E-state index contributed by atoms with van der Waals surface area (Å²) in [6, 6.07) is 6.20. The van der Waals surface area contributed by atoms with Gasteiger partial charge in [-0.15, -0.1) is 11.3 Å². The molecule has 0 saturated heterocycles. The molecule has 116 valence electrons. The Bertz CT molecular complexity index is 828. The summed E-state index contributed by atoms with van der Waals surface area (Å²) in [5.74, 6) is -1.66. The zero-order valence-corrected chi connectivity index (χ0v) is 12.6. The number of carbonyl (C=O) groups excluding carboxylic acids is 2. The van der Waals surface area contributed by atoms with E-state index in [1.807, 2.05) is 0 Å². The first kappa shape index (κ1) is 15.2. The second kappa shape index (κ2) is 6.57. The van der Waals surface area contributed by atoms with Crippen LogP contribution >= 0.6 is 11.3 Å². The highest BCUT2D eigenvalue weighted by Crippen LogP contribution is 2.18. The summed E-state index contributed by atoms with van der Waals surface area (Å²) in [4.78, 5) is 32.5. The largest absolute Gasteiger partial charge is 0.290 e. The molecule has 0 aliphatic carbocycles. The molecule has 0 aliphatic heterocycles. The minimum absolute atomic E-state index is 0.0712. The molecule has 0 aliphatic rings. The second-order valence-corrected chi connectivity index (χ2v) is 5.99. The Labute approximate surface area is 134 Å². The van der Waals surface area contributed by atoms with Crippen LogP contribution in [0.2, 0.25) is 0 Å². The van der Waals surface area contributed by atoms with Gasteiger partial charge in [-0.05, 0) is 17.7 Å². The molecule has 2 heterocycles. The fourth-order valence-electron chi connectivity index (χ4n) is 1.98. The summed E-state index contributed by atoms with van der Waals surface area (Å²) < 4.78 is 12.9. The van der Waals surface area contributed by atoms with Crippen molar-refractivity contribution >= 4 is 22.9 Å². The lowest BCUT2D eigenvalue weighted by Crippen LogP contribution is -2.18. The van der Waals surface area contributed by atoms with E-state index in [4.69, 9.17) is 0 Å². The van der Waals surface area contributed by atoms with Crippen LogP contribution in [0.15, 0.2) is 36.8 Å². The number of nitrogens with zero attached hydrogens (tertiary/aromatic N) is 3. The van der Waals surface area contributed by atoms with E-state index < -0.39 is 11.6 Å². The number of ketones is 2. The monoisotopic (exact) mass is 330 g/mol. The quantitative estimate of drug-likeness (QED) is 0.551. The molecule has 3 rings (SSSR count). The number of carbonyl (C=O) groups is 2. The smallest absolute Gasteiger partial charge is 0.265 e. The Morgan fingerprint density at radius 2 is 1.96 bits per heavy atom. The third-order valence-electron chi connectivity index (χ3n) is 3.09. The Morgan fingerprint density at radius 3 is 2.65 bits per heavy atom. The lowest BCUT2D eigenvalue weighted by molar-refractivity contribution is -0.114. The van der Waals surface area contributed by atoms with Gasteiger partial charge in [-0.25, -0.2) is 14.4 Å². The number of benzene rings is 1. The second-order valence-electron chi connectivity index (χ2n) is 4.79. The van der Waals surface area contributed by atoms with E-state index in [9.17, 15) is 14.0 Å². The summed E-state index contributed by atoms with van der Waals surface area (Å²) in [5.41, 5.74) is 0.950. The molecule has 0 unspecified atom stereocenters. The van der Waals surface area contributed by atoms with E-state index in [0.717, 1.165) is 10.4 Å². The molecular formula is C15H11FN4O2S. The molecule has 2 aromatic heterocycles. The summed E-state index contributed by atoms with van der Waals surface area (Å²) >= 11 is 1.35. The first-order chi connectivity index (χ1) is 11.1. The summed E-state index contributed by atoms with van der Waals surface area (Å²) in [7, 11) is 0. The van der Waals surface area contributed by atoms with Crippen LogP contribution in [-0.4, -0.2) is 31.7 Å². The van der Waals surface area contributed by atoms with Crippen LogP contribution in [0.5, 0.6) is 0 Å². The van der Waals surface area contributed by atoms with Crippen LogP contribution in [-0.2, 0) is 17.6 Å². The van der Waals surface area contributed by atoms with Crippen LogP contribution in [0.1, 0.15) is 26.1 Å². The Morgan fingerprint density at radius 1 is 1.17 bits per heavy atom. The fourth-order valence-corrected chi connectivity index (χ4v) is 2.94. The molecule has 0 atom stereocenters. The number of Topliss-reactive ketones (excluding diaryl/α,β-unsaturated/α-hetero) is 2. The topological polar surface area (TPSA) is 88.6 Å². The van der Waals surface area contributed by atoms with Gasteiger partial charge in [0.25, 0.3) is 5.78 Å². The minimum atomic E-state index is -0.710. The highest BCUT2D eigenvalue weighted by molar-refractivity contribution is 7.11. The van der Waals surface area contributed by atoms with Crippen LogP contribution in [0.25, 0.3) is 0 Å². The van der Waals surface area contributed by atoms with Crippen molar-refractivity contribution in [2.75, 3.05) is 0 Å². The number of nitrogens with one attached hydrogen (secondary N) is 1. The molecule has 0 saturated carbocycles. The number of H-pyrrole nitrogens is 1. The highest BCUT2D eigenvalue weighted by atomic mass is 32.1. The first-order valence-corrected chi connectivity index (χ1v) is 7.54. The molecule has 6 nitrogen and oxygen atoms in total. The fraction of sp³-hybridized carbons (Fsp3) is 0.133. The predicted octanol–water partition coefficient (Wildman–Crippen LogP) is 1.99. The number of aromatic amines is 1. The summed E-state index contributed by atoms with van der Waals surface area (Å²) in [6.07, 6.45) is 3.36. The molecule has 8 heteroatoms. The molecule has 1 aromatic carbocycles. The maximum absolute atomic E-state index is 12.9. The van der Waals surface area contributed by atoms with Crippen molar-refractivity contribution in [3.63, 3.8) is 0 Å². The Balaban J connectivity index is 1.64. The van der Waals surface area contributed by atoms with Gasteiger partial charge in [-0.3, -0.25) is 14.7 Å². The third kappa shape index (κ3) is 3.72. The van der Waals surface area contributed by atoms with E-state index in [-0.39, 0.29) is 18.1 Å². The zero-order chi connectivity index (χ0) is 16.2. The molecule has 0 fully saturated rings.